The predicted molar refractivity (Wildman–Crippen MR) is 155 cm³/mol. The Labute approximate surface area is 242 Å². The summed E-state index contributed by atoms with van der Waals surface area (Å²) in [7, 11) is 4.97. The summed E-state index contributed by atoms with van der Waals surface area (Å²) in [6.45, 7) is 3.52. The van der Waals surface area contributed by atoms with Gasteiger partial charge in [-0.1, -0.05) is 24.6 Å². The molecule has 0 aliphatic carbocycles. The van der Waals surface area contributed by atoms with Gasteiger partial charge in [0.1, 0.15) is 6.17 Å². The fraction of sp³-hybridized carbons (Fsp3) is 0.531. The van der Waals surface area contributed by atoms with E-state index in [0.717, 1.165) is 6.54 Å². The number of nitrogens with zero attached hydrogens (tertiary/aromatic N) is 4. The second-order valence-electron chi connectivity index (χ2n) is 11.7. The first-order chi connectivity index (χ1) is 19.9. The van der Waals surface area contributed by atoms with E-state index < -0.39 is 6.17 Å². The van der Waals surface area contributed by atoms with Gasteiger partial charge < -0.3 is 24.2 Å². The third-order valence-electron chi connectivity index (χ3n) is 9.44. The Bertz CT molecular complexity index is 1340. The minimum atomic E-state index is -0.605. The van der Waals surface area contributed by atoms with Gasteiger partial charge in [0.2, 0.25) is 5.91 Å². The van der Waals surface area contributed by atoms with Crippen molar-refractivity contribution in [2.24, 2.45) is 5.92 Å². The molecule has 6 rings (SSSR count). The first-order valence-electron chi connectivity index (χ1n) is 14.9. The van der Waals surface area contributed by atoms with Crippen molar-refractivity contribution in [2.45, 2.75) is 57.2 Å². The minimum Gasteiger partial charge on any atom is -0.493 e. The number of para-hydroxylation sites is 1. The van der Waals surface area contributed by atoms with Gasteiger partial charge in [0.05, 0.1) is 31.0 Å². The van der Waals surface area contributed by atoms with E-state index in [4.69, 9.17) is 9.47 Å². The number of piperidine rings is 2. The average Bonchev–Trinajstić information content (AvgIpc) is 3.30. The van der Waals surface area contributed by atoms with E-state index in [1.165, 1.54) is 59.4 Å². The molecule has 3 amide bonds. The second kappa shape index (κ2) is 11.4. The van der Waals surface area contributed by atoms with E-state index in [9.17, 15) is 14.4 Å². The standard InChI is InChI=1S/C32H40N4O5/c1-33(20-21-10-8-18-34-17-7-6-12-24(21)34)27(37)14-9-19-35-30-23-15-16-26(40-2)29(41-3)28(23)32(39)36(30)25-13-5-4-11-22(25)31(35)38/h4-5,11,13,15-16,21,24,30H,6-10,12,14,17-20H2,1-3H3/t21-,24+,30?/m0/s1. The lowest BCUT2D eigenvalue weighted by Gasteiger charge is -2.45. The Kier molecular flexibility index (Phi) is 7.64. The molecule has 3 atom stereocenters. The fourth-order valence-corrected chi connectivity index (χ4v) is 7.49. The summed E-state index contributed by atoms with van der Waals surface area (Å²) in [6, 6.07) is 11.4. The van der Waals surface area contributed by atoms with Gasteiger partial charge in [0, 0.05) is 38.2 Å². The molecule has 0 bridgehead atoms. The third kappa shape index (κ3) is 4.74. The Morgan fingerprint density at radius 3 is 2.59 bits per heavy atom. The molecule has 0 aromatic heterocycles. The zero-order valence-electron chi connectivity index (χ0n) is 24.3. The summed E-state index contributed by atoms with van der Waals surface area (Å²) < 4.78 is 11.1. The number of rotatable bonds is 8. The van der Waals surface area contributed by atoms with Crippen LogP contribution in [0.3, 0.4) is 0 Å². The van der Waals surface area contributed by atoms with Crippen molar-refractivity contribution >= 4 is 23.4 Å². The molecule has 41 heavy (non-hydrogen) atoms. The van der Waals surface area contributed by atoms with Gasteiger partial charge in [0.15, 0.2) is 11.5 Å². The van der Waals surface area contributed by atoms with Gasteiger partial charge in [-0.25, -0.2) is 0 Å². The average molecular weight is 561 g/mol. The van der Waals surface area contributed by atoms with Crippen LogP contribution in [0.5, 0.6) is 11.5 Å². The van der Waals surface area contributed by atoms with Crippen LogP contribution in [-0.4, -0.2) is 85.9 Å². The molecule has 9 nitrogen and oxygen atoms in total. The first kappa shape index (κ1) is 27.6. The van der Waals surface area contributed by atoms with Crippen molar-refractivity contribution in [1.29, 1.82) is 0 Å². The molecule has 0 spiro atoms. The van der Waals surface area contributed by atoms with Crippen molar-refractivity contribution in [3.63, 3.8) is 0 Å². The molecule has 1 unspecified atom stereocenters. The summed E-state index contributed by atoms with van der Waals surface area (Å²) in [5.74, 6) is 1.09. The number of ether oxygens (including phenoxy) is 2. The van der Waals surface area contributed by atoms with Crippen molar-refractivity contribution < 1.29 is 23.9 Å². The normalized spacial score (nSPS) is 23.4. The van der Waals surface area contributed by atoms with E-state index in [0.29, 0.717) is 65.2 Å². The lowest BCUT2D eigenvalue weighted by Crippen LogP contribution is -2.51. The highest BCUT2D eigenvalue weighted by molar-refractivity contribution is 6.18. The maximum atomic E-state index is 13.8. The maximum Gasteiger partial charge on any atom is 0.264 e. The Balaban J connectivity index is 1.19. The first-order valence-corrected chi connectivity index (χ1v) is 14.9. The van der Waals surface area contributed by atoms with Crippen LogP contribution in [0.2, 0.25) is 0 Å². The van der Waals surface area contributed by atoms with E-state index in [-0.39, 0.29) is 17.7 Å². The topological polar surface area (TPSA) is 82.6 Å². The number of benzene rings is 2. The molecule has 2 fully saturated rings. The molecular weight excluding hydrogens is 520 g/mol. The molecule has 4 aliphatic rings. The largest absolute Gasteiger partial charge is 0.493 e. The number of amides is 3. The van der Waals surface area contributed by atoms with E-state index in [1.54, 1.807) is 21.9 Å². The van der Waals surface area contributed by atoms with Gasteiger partial charge in [-0.15, -0.1) is 0 Å². The number of anilines is 1. The summed E-state index contributed by atoms with van der Waals surface area (Å²) in [6.07, 6.45) is 6.45. The van der Waals surface area contributed by atoms with Crippen molar-refractivity contribution in [2.75, 3.05) is 52.3 Å². The van der Waals surface area contributed by atoms with Crippen LogP contribution < -0.4 is 14.4 Å². The third-order valence-corrected chi connectivity index (χ3v) is 9.44. The molecule has 0 N–H and O–H groups in total. The molecule has 4 heterocycles. The highest BCUT2D eigenvalue weighted by Crippen LogP contribution is 2.49. The van der Waals surface area contributed by atoms with Crippen LogP contribution in [-0.2, 0) is 4.79 Å². The number of hydrogen-bond acceptors (Lipinski definition) is 6. The number of carbonyl (C=O) groups excluding carboxylic acids is 3. The van der Waals surface area contributed by atoms with E-state index >= 15 is 0 Å². The zero-order valence-corrected chi connectivity index (χ0v) is 24.3. The molecule has 2 aromatic carbocycles. The smallest absolute Gasteiger partial charge is 0.264 e. The Hall–Kier alpha value is -3.59. The van der Waals surface area contributed by atoms with Gasteiger partial charge >= 0.3 is 0 Å². The number of carbonyl (C=O) groups is 3. The van der Waals surface area contributed by atoms with E-state index in [1.807, 2.05) is 36.2 Å². The van der Waals surface area contributed by atoms with Crippen LogP contribution in [0.4, 0.5) is 5.69 Å². The van der Waals surface area contributed by atoms with Crippen LogP contribution >= 0.6 is 0 Å². The van der Waals surface area contributed by atoms with Crippen molar-refractivity contribution in [3.05, 3.63) is 53.1 Å². The quantitative estimate of drug-likeness (QED) is 0.478. The maximum absolute atomic E-state index is 13.8. The van der Waals surface area contributed by atoms with Gasteiger partial charge in [-0.3, -0.25) is 19.3 Å². The second-order valence-corrected chi connectivity index (χ2v) is 11.7. The molecule has 0 saturated carbocycles. The van der Waals surface area contributed by atoms with Crippen molar-refractivity contribution in [1.82, 2.24) is 14.7 Å². The number of hydrogen-bond donors (Lipinski definition) is 0. The zero-order chi connectivity index (χ0) is 28.7. The summed E-state index contributed by atoms with van der Waals surface area (Å²) in [4.78, 5) is 48.8. The number of methoxy groups -OCH3 is 2. The molecule has 4 aliphatic heterocycles. The van der Waals surface area contributed by atoms with Gasteiger partial charge in [-0.2, -0.15) is 0 Å². The highest BCUT2D eigenvalue weighted by atomic mass is 16.5. The summed E-state index contributed by atoms with van der Waals surface area (Å²) >= 11 is 0. The highest BCUT2D eigenvalue weighted by Gasteiger charge is 2.49. The lowest BCUT2D eigenvalue weighted by molar-refractivity contribution is -0.131. The molecule has 218 valence electrons. The van der Waals surface area contributed by atoms with Gasteiger partial charge in [-0.05, 0) is 69.3 Å². The van der Waals surface area contributed by atoms with E-state index in [2.05, 4.69) is 4.90 Å². The molecule has 9 heteroatoms. The van der Waals surface area contributed by atoms with Crippen LogP contribution in [0.1, 0.15) is 77.4 Å². The van der Waals surface area contributed by atoms with Gasteiger partial charge in [0.25, 0.3) is 11.8 Å². The van der Waals surface area contributed by atoms with Crippen LogP contribution in [0, 0.1) is 5.92 Å². The Morgan fingerprint density at radius 2 is 1.78 bits per heavy atom. The monoisotopic (exact) mass is 560 g/mol. The molecule has 0 radical (unpaired) electrons. The Morgan fingerprint density at radius 1 is 0.976 bits per heavy atom. The molecular formula is C32H40N4O5. The minimum absolute atomic E-state index is 0.106. The molecule has 2 aromatic rings. The fourth-order valence-electron chi connectivity index (χ4n) is 7.49. The van der Waals surface area contributed by atoms with Crippen molar-refractivity contribution in [3.8, 4) is 11.5 Å². The predicted octanol–water partition coefficient (Wildman–Crippen LogP) is 4.32. The summed E-state index contributed by atoms with van der Waals surface area (Å²) in [5, 5.41) is 0. The van der Waals surface area contributed by atoms with Crippen LogP contribution in [0.15, 0.2) is 36.4 Å². The summed E-state index contributed by atoms with van der Waals surface area (Å²) in [5.41, 5.74) is 2.18. The SMILES string of the molecule is COc1ccc2c(c1OC)C(=O)N1c3ccccc3C(=O)N(CCCC(=O)N(C)C[C@@H]3CCCN4CCCC[C@H]34)C21. The lowest BCUT2D eigenvalue weighted by atomic mass is 9.83. The molecule has 2 saturated heterocycles. The van der Waals surface area contributed by atoms with Crippen LogP contribution in [0.25, 0.3) is 0 Å². The number of fused-ring (bicyclic) bond motifs is 6.